The minimum Gasteiger partial charge on any atom is -0.494 e. The number of ether oxygens (including phenoxy) is 2. The molecule has 0 saturated heterocycles. The lowest BCUT2D eigenvalue weighted by Crippen LogP contribution is -2.15. The summed E-state index contributed by atoms with van der Waals surface area (Å²) in [4.78, 5) is 16.9. The number of amides is 1. The van der Waals surface area contributed by atoms with E-state index in [4.69, 9.17) is 9.47 Å². The maximum absolute atomic E-state index is 12.5. The lowest BCUT2D eigenvalue weighted by molar-refractivity contribution is 0.102. The molecule has 0 atom stereocenters. The van der Waals surface area contributed by atoms with Gasteiger partial charge in [-0.25, -0.2) is 4.98 Å². The van der Waals surface area contributed by atoms with Crippen molar-refractivity contribution in [2.45, 2.75) is 27.7 Å². The number of nitrogens with zero attached hydrogens (tertiary/aromatic N) is 1. The Kier molecular flexibility index (Phi) is 5.57. The molecular formula is C18H22N2O3. The van der Waals surface area contributed by atoms with E-state index in [-0.39, 0.29) is 5.91 Å². The molecule has 0 bridgehead atoms. The average Bonchev–Trinajstić information content (AvgIpc) is 2.47. The highest BCUT2D eigenvalue weighted by Crippen LogP contribution is 2.26. The molecule has 1 N–H and O–H groups in total. The molecule has 2 rings (SSSR count). The topological polar surface area (TPSA) is 60.5 Å². The predicted octanol–water partition coefficient (Wildman–Crippen LogP) is 3.75. The largest absolute Gasteiger partial charge is 0.494 e. The number of pyridine rings is 1. The van der Waals surface area contributed by atoms with Crippen LogP contribution in [0.5, 0.6) is 11.5 Å². The van der Waals surface area contributed by atoms with Crippen molar-refractivity contribution in [3.63, 3.8) is 0 Å². The Hall–Kier alpha value is -2.56. The van der Waals surface area contributed by atoms with E-state index in [9.17, 15) is 4.79 Å². The number of benzene rings is 1. The van der Waals surface area contributed by atoms with Crippen LogP contribution in [-0.4, -0.2) is 24.1 Å². The van der Waals surface area contributed by atoms with Gasteiger partial charge in [0.1, 0.15) is 17.3 Å². The highest BCUT2D eigenvalue weighted by atomic mass is 16.5. The molecule has 1 amide bonds. The van der Waals surface area contributed by atoms with E-state index in [0.717, 1.165) is 11.3 Å². The minimum absolute atomic E-state index is 0.256. The second-order valence-corrected chi connectivity index (χ2v) is 5.15. The van der Waals surface area contributed by atoms with Crippen molar-refractivity contribution in [2.24, 2.45) is 0 Å². The number of carbonyl (C=O) groups is 1. The normalized spacial score (nSPS) is 10.3. The SMILES string of the molecule is CCOc1ccc(C(=O)Nc2cc(C)cc(C)n2)c(OCC)c1. The molecule has 5 nitrogen and oxygen atoms in total. The fourth-order valence-electron chi connectivity index (χ4n) is 2.31. The molecule has 1 aromatic carbocycles. The first-order valence-corrected chi connectivity index (χ1v) is 7.69. The van der Waals surface area contributed by atoms with Gasteiger partial charge in [0.15, 0.2) is 0 Å². The maximum Gasteiger partial charge on any atom is 0.260 e. The number of aryl methyl sites for hydroxylation is 2. The second-order valence-electron chi connectivity index (χ2n) is 5.15. The summed E-state index contributed by atoms with van der Waals surface area (Å²) in [5, 5.41) is 2.82. The van der Waals surface area contributed by atoms with Crippen LogP contribution >= 0.6 is 0 Å². The predicted molar refractivity (Wildman–Crippen MR) is 90.4 cm³/mol. The molecule has 0 radical (unpaired) electrons. The van der Waals surface area contributed by atoms with E-state index in [1.807, 2.05) is 39.8 Å². The van der Waals surface area contributed by atoms with Crippen LogP contribution < -0.4 is 14.8 Å². The number of hydrogen-bond acceptors (Lipinski definition) is 4. The van der Waals surface area contributed by atoms with Crippen molar-refractivity contribution in [3.8, 4) is 11.5 Å². The summed E-state index contributed by atoms with van der Waals surface area (Å²) in [6.45, 7) is 8.67. The van der Waals surface area contributed by atoms with Gasteiger partial charge in [0.05, 0.1) is 18.8 Å². The summed E-state index contributed by atoms with van der Waals surface area (Å²) in [5.74, 6) is 1.45. The van der Waals surface area contributed by atoms with Crippen molar-refractivity contribution in [2.75, 3.05) is 18.5 Å². The minimum atomic E-state index is -0.256. The zero-order valence-electron chi connectivity index (χ0n) is 14.0. The summed E-state index contributed by atoms with van der Waals surface area (Å²) in [6, 6.07) is 8.98. The summed E-state index contributed by atoms with van der Waals surface area (Å²) >= 11 is 0. The Balaban J connectivity index is 2.26. The van der Waals surface area contributed by atoms with Gasteiger partial charge in [0.2, 0.25) is 0 Å². The first-order valence-electron chi connectivity index (χ1n) is 7.69. The molecule has 0 fully saturated rings. The number of hydrogen-bond donors (Lipinski definition) is 1. The molecule has 23 heavy (non-hydrogen) atoms. The van der Waals surface area contributed by atoms with Crippen LogP contribution in [-0.2, 0) is 0 Å². The molecule has 0 unspecified atom stereocenters. The molecular weight excluding hydrogens is 292 g/mol. The molecule has 0 aliphatic rings. The van der Waals surface area contributed by atoms with Gasteiger partial charge in [-0.1, -0.05) is 0 Å². The van der Waals surface area contributed by atoms with Gasteiger partial charge in [-0.2, -0.15) is 0 Å². The number of carbonyl (C=O) groups excluding carboxylic acids is 1. The summed E-state index contributed by atoms with van der Waals surface area (Å²) in [6.07, 6.45) is 0. The van der Waals surface area contributed by atoms with Gasteiger partial charge in [-0.05, 0) is 57.5 Å². The number of anilines is 1. The number of nitrogens with one attached hydrogen (secondary N) is 1. The van der Waals surface area contributed by atoms with Crippen LogP contribution in [0.15, 0.2) is 30.3 Å². The summed E-state index contributed by atoms with van der Waals surface area (Å²) in [5.41, 5.74) is 2.36. The van der Waals surface area contributed by atoms with Crippen LogP contribution in [0.1, 0.15) is 35.5 Å². The Morgan fingerprint density at radius 3 is 2.48 bits per heavy atom. The first kappa shape index (κ1) is 16.8. The van der Waals surface area contributed by atoms with Crippen LogP contribution in [0.2, 0.25) is 0 Å². The highest BCUT2D eigenvalue weighted by molar-refractivity contribution is 6.05. The Bertz CT molecular complexity index is 678. The van der Waals surface area contributed by atoms with Crippen LogP contribution in [0.25, 0.3) is 0 Å². The van der Waals surface area contributed by atoms with Crippen LogP contribution in [0.3, 0.4) is 0 Å². The van der Waals surface area contributed by atoms with Gasteiger partial charge in [-0.15, -0.1) is 0 Å². The first-order chi connectivity index (χ1) is 11.0. The van der Waals surface area contributed by atoms with E-state index < -0.39 is 0 Å². The summed E-state index contributed by atoms with van der Waals surface area (Å²) < 4.78 is 11.0. The van der Waals surface area contributed by atoms with E-state index in [2.05, 4.69) is 10.3 Å². The fourth-order valence-corrected chi connectivity index (χ4v) is 2.31. The molecule has 0 spiro atoms. The fraction of sp³-hybridized carbons (Fsp3) is 0.333. The Morgan fingerprint density at radius 1 is 1.09 bits per heavy atom. The van der Waals surface area contributed by atoms with E-state index in [0.29, 0.717) is 36.1 Å². The standard InChI is InChI=1S/C18H22N2O3/c1-5-22-14-7-8-15(16(11-14)23-6-2)18(21)20-17-10-12(3)9-13(4)19-17/h7-11H,5-6H2,1-4H3,(H,19,20,21). The smallest absolute Gasteiger partial charge is 0.260 e. The Labute approximate surface area is 136 Å². The molecule has 1 heterocycles. The van der Waals surface area contributed by atoms with Gasteiger partial charge in [-0.3, -0.25) is 4.79 Å². The lowest BCUT2D eigenvalue weighted by Gasteiger charge is -2.13. The third kappa shape index (κ3) is 4.45. The lowest BCUT2D eigenvalue weighted by atomic mass is 10.1. The van der Waals surface area contributed by atoms with Crippen LogP contribution in [0.4, 0.5) is 5.82 Å². The van der Waals surface area contributed by atoms with Crippen molar-refractivity contribution in [1.82, 2.24) is 4.98 Å². The van der Waals surface area contributed by atoms with Gasteiger partial charge in [0.25, 0.3) is 5.91 Å². The monoisotopic (exact) mass is 314 g/mol. The Morgan fingerprint density at radius 2 is 1.83 bits per heavy atom. The van der Waals surface area contributed by atoms with Gasteiger partial charge in [0, 0.05) is 11.8 Å². The summed E-state index contributed by atoms with van der Waals surface area (Å²) in [7, 11) is 0. The maximum atomic E-state index is 12.5. The van der Waals surface area contributed by atoms with Crippen molar-refractivity contribution < 1.29 is 14.3 Å². The third-order valence-corrected chi connectivity index (χ3v) is 3.15. The van der Waals surface area contributed by atoms with Gasteiger partial charge < -0.3 is 14.8 Å². The van der Waals surface area contributed by atoms with E-state index >= 15 is 0 Å². The van der Waals surface area contributed by atoms with Crippen LogP contribution in [0, 0.1) is 13.8 Å². The average molecular weight is 314 g/mol. The van der Waals surface area contributed by atoms with Crippen molar-refractivity contribution in [1.29, 1.82) is 0 Å². The van der Waals surface area contributed by atoms with Gasteiger partial charge >= 0.3 is 0 Å². The molecule has 122 valence electrons. The quantitative estimate of drug-likeness (QED) is 0.882. The molecule has 2 aromatic rings. The zero-order chi connectivity index (χ0) is 16.8. The third-order valence-electron chi connectivity index (χ3n) is 3.15. The molecule has 0 saturated carbocycles. The number of rotatable bonds is 6. The molecule has 1 aromatic heterocycles. The molecule has 5 heteroatoms. The molecule has 0 aliphatic carbocycles. The highest BCUT2D eigenvalue weighted by Gasteiger charge is 2.15. The second kappa shape index (κ2) is 7.63. The molecule has 0 aliphatic heterocycles. The van der Waals surface area contributed by atoms with E-state index in [1.165, 1.54) is 0 Å². The van der Waals surface area contributed by atoms with Crippen molar-refractivity contribution >= 4 is 11.7 Å². The zero-order valence-corrected chi connectivity index (χ0v) is 14.0. The number of aromatic nitrogens is 1. The van der Waals surface area contributed by atoms with E-state index in [1.54, 1.807) is 18.2 Å². The van der Waals surface area contributed by atoms with Crippen molar-refractivity contribution in [3.05, 3.63) is 47.2 Å².